The molecule has 152 valence electrons. The van der Waals surface area contributed by atoms with E-state index in [0.717, 1.165) is 0 Å². The second kappa shape index (κ2) is 25.3. The molecule has 19 nitrogen and oxygen atoms in total. The summed E-state index contributed by atoms with van der Waals surface area (Å²) in [5, 5.41) is 0. The predicted octanol–water partition coefficient (Wildman–Crippen LogP) is -7.73. The van der Waals surface area contributed by atoms with Gasteiger partial charge in [0.05, 0.1) is 0 Å². The Hall–Kier alpha value is -0.670. The van der Waals surface area contributed by atoms with Crippen LogP contribution in [0, 0.1) is 0 Å². The van der Waals surface area contributed by atoms with Crippen molar-refractivity contribution in [1.29, 1.82) is 0 Å². The lowest BCUT2D eigenvalue weighted by atomic mass is 15.8. The first-order valence-corrected chi connectivity index (χ1v) is 6.29. The van der Waals surface area contributed by atoms with E-state index < -0.39 is 31.2 Å². The maximum atomic E-state index is 8.74. The molecule has 20 N–H and O–H groups in total. The van der Waals surface area contributed by atoms with Gasteiger partial charge in [-0.3, -0.25) is 27.3 Å². The fourth-order valence-electron chi connectivity index (χ4n) is 0. The molecule has 0 amide bonds. The molecule has 22 heteroatoms. The average molecular weight is 420 g/mol. The Bertz CT molecular complexity index is 334. The predicted molar refractivity (Wildman–Crippen MR) is 67.8 cm³/mol. The number of hydrogen-bond donors (Lipinski definition) is 6. The molecule has 0 fully saturated rings. The van der Waals surface area contributed by atoms with Crippen molar-refractivity contribution < 1.29 is 90.9 Å². The van der Waals surface area contributed by atoms with Crippen LogP contribution in [0.15, 0.2) is 0 Å². The van der Waals surface area contributed by atoms with Crippen molar-refractivity contribution >= 4 is 31.2 Å². The van der Waals surface area contributed by atoms with Crippen molar-refractivity contribution in [3.05, 3.63) is 0 Å². The molecule has 0 rings (SSSR count). The molecule has 0 aromatic carbocycles. The molecule has 0 spiro atoms. The van der Waals surface area contributed by atoms with Crippen molar-refractivity contribution in [3.63, 3.8) is 0 Å². The summed E-state index contributed by atoms with van der Waals surface area (Å²) in [5.74, 6) is 0. The van der Waals surface area contributed by atoms with E-state index in [9.17, 15) is 0 Å². The van der Waals surface area contributed by atoms with Crippen molar-refractivity contribution in [1.82, 2.24) is 0 Å². The van der Waals surface area contributed by atoms with Crippen molar-refractivity contribution in [2.45, 2.75) is 0 Å². The summed E-state index contributed by atoms with van der Waals surface area (Å²) >= 11 is 0. The fraction of sp³-hybridized carbons (Fsp3) is 0. The van der Waals surface area contributed by atoms with E-state index in [1.165, 1.54) is 0 Å². The summed E-state index contributed by atoms with van der Waals surface area (Å²) in [5.41, 5.74) is 0. The van der Waals surface area contributed by atoms with Gasteiger partial charge in [0.15, 0.2) is 0 Å². The maximum absolute atomic E-state index is 8.74. The van der Waals surface area contributed by atoms with Crippen molar-refractivity contribution in [2.24, 2.45) is 0 Å². The summed E-state index contributed by atoms with van der Waals surface area (Å²) in [6.07, 6.45) is 0. The summed E-state index contributed by atoms with van der Waals surface area (Å²) in [7, 11) is -14.0. The highest BCUT2D eigenvalue weighted by Gasteiger charge is 1.85. The first kappa shape index (κ1) is 68.7. The van der Waals surface area contributed by atoms with Gasteiger partial charge in [0.1, 0.15) is 0 Å². The molecule has 0 aromatic rings. The molecule has 0 aliphatic rings. The normalized spacial score (nSPS) is 7.91. The van der Waals surface area contributed by atoms with Crippen LogP contribution in [0.3, 0.4) is 0 Å². The van der Waals surface area contributed by atoms with Crippen LogP contribution in [0.25, 0.3) is 0 Å². The molecule has 0 atom stereocenters. The molecule has 0 saturated carbocycles. The van der Waals surface area contributed by atoms with Gasteiger partial charge in [-0.15, -0.1) is 0 Å². The SMILES string of the molecule is O.O.O.O.O.O.O.O=S(=O)(O)O.O=S(=O)(O)O.O=S(=O)(O)O. The smallest absolute Gasteiger partial charge is 0.394 e. The molecule has 0 heterocycles. The standard InChI is InChI=1S/3H2O4S.7H2O/c3*1-5(2,3)4;;;;;;;/h3*(H2,1,2,3,4);7*1H2. The van der Waals surface area contributed by atoms with Crippen LogP contribution >= 0.6 is 0 Å². The van der Waals surface area contributed by atoms with Gasteiger partial charge >= 0.3 is 31.2 Å². The lowest BCUT2D eigenvalue weighted by Crippen LogP contribution is -1.89. The van der Waals surface area contributed by atoms with E-state index in [2.05, 4.69) is 0 Å². The fourth-order valence-corrected chi connectivity index (χ4v) is 0. The van der Waals surface area contributed by atoms with Crippen LogP contribution in [0.2, 0.25) is 0 Å². The largest absolute Gasteiger partial charge is 0.412 e. The monoisotopic (exact) mass is 420 g/mol. The Morgan fingerprint density at radius 2 is 0.318 bits per heavy atom. The van der Waals surface area contributed by atoms with Gasteiger partial charge in [0, 0.05) is 0 Å². The van der Waals surface area contributed by atoms with Crippen LogP contribution in [0.1, 0.15) is 0 Å². The van der Waals surface area contributed by atoms with Gasteiger partial charge in [-0.2, -0.15) is 25.3 Å². The van der Waals surface area contributed by atoms with Gasteiger partial charge in [0.25, 0.3) is 0 Å². The van der Waals surface area contributed by atoms with E-state index in [1.807, 2.05) is 0 Å². The molecule has 0 aliphatic carbocycles. The lowest BCUT2D eigenvalue weighted by Gasteiger charge is -1.68. The molecule has 0 radical (unpaired) electrons. The van der Waals surface area contributed by atoms with Gasteiger partial charge in [-0.25, -0.2) is 0 Å². The molecular formula is H20O19S3. The molecular weight excluding hydrogens is 400 g/mol. The zero-order valence-electron chi connectivity index (χ0n) is 9.86. The third kappa shape index (κ3) is 14500. The molecule has 0 aliphatic heterocycles. The second-order valence-corrected chi connectivity index (χ2v) is 4.03. The lowest BCUT2D eigenvalue weighted by molar-refractivity contribution is 0.378. The Balaban J connectivity index is -0.0000000106. The van der Waals surface area contributed by atoms with Gasteiger partial charge in [-0.1, -0.05) is 0 Å². The Labute approximate surface area is 123 Å². The molecule has 0 saturated heterocycles. The van der Waals surface area contributed by atoms with E-state index in [1.54, 1.807) is 0 Å². The maximum Gasteiger partial charge on any atom is 0.394 e. The van der Waals surface area contributed by atoms with Crippen LogP contribution in [-0.2, 0) is 31.2 Å². The van der Waals surface area contributed by atoms with Crippen LogP contribution in [0.4, 0.5) is 0 Å². The highest BCUT2D eigenvalue weighted by atomic mass is 32.3. The van der Waals surface area contributed by atoms with E-state index >= 15 is 0 Å². The topological polar surface area (TPSA) is 444 Å². The minimum atomic E-state index is -4.67. The van der Waals surface area contributed by atoms with Crippen LogP contribution in [0.5, 0.6) is 0 Å². The summed E-state index contributed by atoms with van der Waals surface area (Å²) in [4.78, 5) is 0. The Kier molecular flexibility index (Phi) is 79.0. The Morgan fingerprint density at radius 3 is 0.318 bits per heavy atom. The second-order valence-electron chi connectivity index (χ2n) is 1.34. The van der Waals surface area contributed by atoms with Gasteiger partial charge in [0.2, 0.25) is 0 Å². The van der Waals surface area contributed by atoms with Crippen LogP contribution in [-0.4, -0.2) is 90.9 Å². The number of hydrogen-bond acceptors (Lipinski definition) is 6. The van der Waals surface area contributed by atoms with Crippen molar-refractivity contribution in [3.8, 4) is 0 Å². The third-order valence-corrected chi connectivity index (χ3v) is 0. The van der Waals surface area contributed by atoms with Crippen LogP contribution < -0.4 is 0 Å². The quantitative estimate of drug-likeness (QED) is 0.199. The Morgan fingerprint density at radius 1 is 0.318 bits per heavy atom. The molecule has 0 aromatic heterocycles. The van der Waals surface area contributed by atoms with Crippen molar-refractivity contribution in [2.75, 3.05) is 0 Å². The van der Waals surface area contributed by atoms with E-state index in [-0.39, 0.29) is 38.3 Å². The summed E-state index contributed by atoms with van der Waals surface area (Å²) < 4.78 is 94.8. The summed E-state index contributed by atoms with van der Waals surface area (Å²) in [6, 6.07) is 0. The zero-order valence-corrected chi connectivity index (χ0v) is 12.3. The minimum Gasteiger partial charge on any atom is -0.412 e. The number of rotatable bonds is 0. The highest BCUT2D eigenvalue weighted by Crippen LogP contribution is 1.60. The van der Waals surface area contributed by atoms with E-state index in [4.69, 9.17) is 52.6 Å². The average Bonchev–Trinajstić information content (AvgIpc) is 1.41. The third-order valence-electron chi connectivity index (χ3n) is 0. The molecule has 0 bridgehead atoms. The van der Waals surface area contributed by atoms with Gasteiger partial charge in [-0.05, 0) is 0 Å². The highest BCUT2D eigenvalue weighted by molar-refractivity contribution is 7.80. The zero-order chi connectivity index (χ0) is 13.5. The minimum absolute atomic E-state index is 0. The molecule has 0 unspecified atom stereocenters. The molecule has 22 heavy (non-hydrogen) atoms. The first-order valence-electron chi connectivity index (χ1n) is 2.10. The summed E-state index contributed by atoms with van der Waals surface area (Å²) in [6.45, 7) is 0. The first-order chi connectivity index (χ1) is 6.00. The van der Waals surface area contributed by atoms with Gasteiger partial charge < -0.3 is 38.3 Å². The van der Waals surface area contributed by atoms with E-state index in [0.29, 0.717) is 0 Å².